The van der Waals surface area contributed by atoms with Crippen molar-refractivity contribution in [1.82, 2.24) is 9.78 Å². The molecule has 1 N–H and O–H groups in total. The van der Waals surface area contributed by atoms with E-state index in [0.29, 0.717) is 12.8 Å². The maximum Gasteiger partial charge on any atom is 0.309 e. The topological polar surface area (TPSA) is 55.1 Å². The van der Waals surface area contributed by atoms with Gasteiger partial charge in [0.2, 0.25) is 0 Å². The number of nitrogens with zero attached hydrogens (tertiary/aromatic N) is 2. The number of carboxylic acids is 1. The smallest absolute Gasteiger partial charge is 0.309 e. The normalized spacial score (nSPS) is 14.8. The highest BCUT2D eigenvalue weighted by atomic mass is 16.4. The van der Waals surface area contributed by atoms with Gasteiger partial charge in [-0.2, -0.15) is 5.10 Å². The third-order valence-corrected chi connectivity index (χ3v) is 3.26. The van der Waals surface area contributed by atoms with Gasteiger partial charge in [0.25, 0.3) is 0 Å². The van der Waals surface area contributed by atoms with Crippen LogP contribution < -0.4 is 0 Å². The number of carboxylic acid groups (broad SMARTS) is 1. The summed E-state index contributed by atoms with van der Waals surface area (Å²) in [5.74, 6) is -0.741. The Morgan fingerprint density at radius 2 is 2.19 bits per heavy atom. The fraction of sp³-hybridized carbons (Fsp3) is 0.667. The summed E-state index contributed by atoms with van der Waals surface area (Å²) in [5, 5.41) is 13.5. The van der Waals surface area contributed by atoms with E-state index in [1.54, 1.807) is 11.6 Å². The maximum absolute atomic E-state index is 11.2. The van der Waals surface area contributed by atoms with E-state index >= 15 is 0 Å². The first kappa shape index (κ1) is 12.7. The third-order valence-electron chi connectivity index (χ3n) is 3.26. The molecule has 1 unspecified atom stereocenters. The highest BCUT2D eigenvalue weighted by Crippen LogP contribution is 2.27. The predicted octanol–water partition coefficient (Wildman–Crippen LogP) is 2.03. The summed E-state index contributed by atoms with van der Waals surface area (Å²) in [5.41, 5.74) is 1.31. The molecule has 0 saturated heterocycles. The zero-order chi connectivity index (χ0) is 12.3. The van der Waals surface area contributed by atoms with Gasteiger partial charge in [-0.1, -0.05) is 13.8 Å². The van der Waals surface area contributed by atoms with Crippen LogP contribution in [0.5, 0.6) is 0 Å². The summed E-state index contributed by atoms with van der Waals surface area (Å²) in [4.78, 5) is 11.2. The minimum absolute atomic E-state index is 0.530. The standard InChI is InChI=1S/C12H20N2O2/c1-5-9-7-10(14(4)13-9)8-12(3,6-2)11(15)16/h7H,5-6,8H2,1-4H3,(H,15,16). The van der Waals surface area contributed by atoms with E-state index in [1.807, 2.05) is 27.0 Å². The van der Waals surface area contributed by atoms with Crippen molar-refractivity contribution in [1.29, 1.82) is 0 Å². The minimum Gasteiger partial charge on any atom is -0.481 e. The Balaban J connectivity index is 2.94. The average molecular weight is 224 g/mol. The van der Waals surface area contributed by atoms with Crippen LogP contribution in [0.3, 0.4) is 0 Å². The van der Waals surface area contributed by atoms with Crippen molar-refractivity contribution in [2.24, 2.45) is 12.5 Å². The molecule has 0 spiro atoms. The Labute approximate surface area is 96.3 Å². The monoisotopic (exact) mass is 224 g/mol. The Morgan fingerprint density at radius 3 is 2.56 bits per heavy atom. The van der Waals surface area contributed by atoms with Crippen molar-refractivity contribution in [2.45, 2.75) is 40.0 Å². The first-order valence-electron chi connectivity index (χ1n) is 5.68. The first-order valence-corrected chi connectivity index (χ1v) is 5.68. The van der Waals surface area contributed by atoms with E-state index in [1.165, 1.54) is 0 Å². The van der Waals surface area contributed by atoms with E-state index in [0.717, 1.165) is 17.8 Å². The van der Waals surface area contributed by atoms with Crippen molar-refractivity contribution < 1.29 is 9.90 Å². The van der Waals surface area contributed by atoms with Gasteiger partial charge < -0.3 is 5.11 Å². The van der Waals surface area contributed by atoms with Gasteiger partial charge in [-0.3, -0.25) is 9.48 Å². The van der Waals surface area contributed by atoms with E-state index in [9.17, 15) is 9.90 Å². The van der Waals surface area contributed by atoms with Crippen LogP contribution in [0.2, 0.25) is 0 Å². The van der Waals surface area contributed by atoms with Gasteiger partial charge in [-0.05, 0) is 25.8 Å². The summed E-state index contributed by atoms with van der Waals surface area (Å²) in [6.45, 7) is 5.74. The number of hydrogen-bond donors (Lipinski definition) is 1. The van der Waals surface area contributed by atoms with Crippen molar-refractivity contribution in [3.63, 3.8) is 0 Å². The number of aliphatic carboxylic acids is 1. The molecule has 1 atom stereocenters. The molecule has 1 aromatic heterocycles. The molecule has 0 bridgehead atoms. The van der Waals surface area contributed by atoms with Crippen LogP contribution in [0.4, 0.5) is 0 Å². The molecule has 0 amide bonds. The second kappa shape index (κ2) is 4.68. The molecular formula is C12H20N2O2. The molecule has 0 aromatic carbocycles. The molecule has 1 aromatic rings. The molecule has 0 aliphatic carbocycles. The lowest BCUT2D eigenvalue weighted by Gasteiger charge is -2.22. The first-order chi connectivity index (χ1) is 7.42. The molecule has 4 heteroatoms. The number of hydrogen-bond acceptors (Lipinski definition) is 2. The molecule has 16 heavy (non-hydrogen) atoms. The summed E-state index contributed by atoms with van der Waals surface area (Å²) >= 11 is 0. The van der Waals surface area contributed by atoms with Crippen LogP contribution in [0.1, 0.15) is 38.6 Å². The lowest BCUT2D eigenvalue weighted by molar-refractivity contribution is -0.148. The fourth-order valence-corrected chi connectivity index (χ4v) is 1.66. The van der Waals surface area contributed by atoms with Gasteiger partial charge in [0.05, 0.1) is 11.1 Å². The molecule has 1 rings (SSSR count). The highest BCUT2D eigenvalue weighted by Gasteiger charge is 2.32. The molecule has 0 radical (unpaired) electrons. The lowest BCUT2D eigenvalue weighted by Crippen LogP contribution is -2.30. The van der Waals surface area contributed by atoms with Crippen molar-refractivity contribution in [3.05, 3.63) is 17.5 Å². The SMILES string of the molecule is CCc1cc(CC(C)(CC)C(=O)O)n(C)n1. The number of carbonyl (C=O) groups is 1. The zero-order valence-corrected chi connectivity index (χ0v) is 10.4. The molecule has 0 aliphatic heterocycles. The largest absolute Gasteiger partial charge is 0.481 e. The summed E-state index contributed by atoms with van der Waals surface area (Å²) in [6, 6.07) is 2.00. The zero-order valence-electron chi connectivity index (χ0n) is 10.4. The molecule has 0 aliphatic rings. The molecule has 0 saturated carbocycles. The third kappa shape index (κ3) is 2.43. The number of aryl methyl sites for hydroxylation is 2. The van der Waals surface area contributed by atoms with Crippen molar-refractivity contribution in [3.8, 4) is 0 Å². The molecule has 1 heterocycles. The fourth-order valence-electron chi connectivity index (χ4n) is 1.66. The lowest BCUT2D eigenvalue weighted by atomic mass is 9.83. The Bertz CT molecular complexity index is 384. The van der Waals surface area contributed by atoms with E-state index < -0.39 is 11.4 Å². The van der Waals surface area contributed by atoms with Gasteiger partial charge in [0.15, 0.2) is 0 Å². The predicted molar refractivity (Wildman–Crippen MR) is 62.3 cm³/mol. The molecule has 0 fully saturated rings. The Morgan fingerprint density at radius 1 is 1.56 bits per heavy atom. The van der Waals surface area contributed by atoms with Crippen LogP contribution in [-0.4, -0.2) is 20.9 Å². The van der Waals surface area contributed by atoms with Crippen molar-refractivity contribution in [2.75, 3.05) is 0 Å². The Kier molecular flexibility index (Phi) is 3.73. The van der Waals surface area contributed by atoms with Crippen molar-refractivity contribution >= 4 is 5.97 Å². The summed E-state index contributed by atoms with van der Waals surface area (Å²) < 4.78 is 1.79. The number of aromatic nitrogens is 2. The Hall–Kier alpha value is -1.32. The van der Waals surface area contributed by atoms with Crippen LogP contribution >= 0.6 is 0 Å². The van der Waals surface area contributed by atoms with Gasteiger partial charge in [-0.15, -0.1) is 0 Å². The van der Waals surface area contributed by atoms with E-state index in [-0.39, 0.29) is 0 Å². The van der Waals surface area contributed by atoms with Crippen LogP contribution in [0, 0.1) is 5.41 Å². The van der Waals surface area contributed by atoms with Gasteiger partial charge in [-0.25, -0.2) is 0 Å². The van der Waals surface area contributed by atoms with Gasteiger partial charge in [0.1, 0.15) is 0 Å². The van der Waals surface area contributed by atoms with Crippen LogP contribution in [0.25, 0.3) is 0 Å². The minimum atomic E-state index is -0.741. The molecule has 90 valence electrons. The van der Waals surface area contributed by atoms with Crippen LogP contribution in [0.15, 0.2) is 6.07 Å². The highest BCUT2D eigenvalue weighted by molar-refractivity contribution is 5.74. The van der Waals surface area contributed by atoms with Gasteiger partial charge >= 0.3 is 5.97 Å². The number of rotatable bonds is 5. The maximum atomic E-state index is 11.2. The molecular weight excluding hydrogens is 204 g/mol. The summed E-state index contributed by atoms with van der Waals surface area (Å²) in [6.07, 6.45) is 2.03. The van der Waals surface area contributed by atoms with E-state index in [2.05, 4.69) is 5.10 Å². The quantitative estimate of drug-likeness (QED) is 0.832. The second-order valence-electron chi connectivity index (χ2n) is 4.50. The average Bonchev–Trinajstić information content (AvgIpc) is 2.59. The van der Waals surface area contributed by atoms with E-state index in [4.69, 9.17) is 0 Å². The van der Waals surface area contributed by atoms with Crippen LogP contribution in [-0.2, 0) is 24.7 Å². The molecule has 4 nitrogen and oxygen atoms in total. The summed E-state index contributed by atoms with van der Waals surface area (Å²) in [7, 11) is 1.87. The second-order valence-corrected chi connectivity index (χ2v) is 4.50. The van der Waals surface area contributed by atoms with Gasteiger partial charge in [0, 0.05) is 19.2 Å².